The van der Waals surface area contributed by atoms with Crippen LogP contribution in [0.15, 0.2) is 9.70 Å². The quantitative estimate of drug-likeness (QED) is 0.417. The lowest BCUT2D eigenvalue weighted by Crippen LogP contribution is -2.50. The fourth-order valence-electron chi connectivity index (χ4n) is 4.69. The molecule has 0 spiro atoms. The van der Waals surface area contributed by atoms with Crippen molar-refractivity contribution in [1.29, 1.82) is 5.26 Å². The molecule has 0 bridgehead atoms. The number of ether oxygens (including phenoxy) is 2. The molecule has 3 fully saturated rings. The number of hydrogen-bond acceptors (Lipinski definition) is 9. The highest BCUT2D eigenvalue weighted by molar-refractivity contribution is 8.26. The summed E-state index contributed by atoms with van der Waals surface area (Å²) < 4.78 is 12.7. The molecule has 12 heteroatoms. The minimum Gasteiger partial charge on any atom is -0.450 e. The van der Waals surface area contributed by atoms with Crippen molar-refractivity contribution in [3.05, 3.63) is 31.9 Å². The van der Waals surface area contributed by atoms with Crippen LogP contribution in [0.25, 0.3) is 6.08 Å². The standard InChI is InChI=1S/C24H29N5O5S2/c1-4-33-23(32)28-9-7-27(8-10-28)20-17(15(2)18(13-25)21(30)26(20)3)12-19-22(31)29(24(35)36-19)14-16-6-5-11-34-16/h12,16H,4-11,14H2,1-3H3/b19-12-/t16-/m0/s1. The van der Waals surface area contributed by atoms with Crippen LogP contribution in [0.5, 0.6) is 0 Å². The summed E-state index contributed by atoms with van der Waals surface area (Å²) in [5.41, 5.74) is 0.761. The van der Waals surface area contributed by atoms with Crippen LogP contribution in [0.3, 0.4) is 0 Å². The van der Waals surface area contributed by atoms with Gasteiger partial charge in [0.15, 0.2) is 0 Å². The van der Waals surface area contributed by atoms with Gasteiger partial charge in [-0.3, -0.25) is 19.1 Å². The number of rotatable bonds is 5. The molecule has 0 N–H and O–H groups in total. The van der Waals surface area contributed by atoms with Crippen LogP contribution in [-0.2, 0) is 21.3 Å². The first-order chi connectivity index (χ1) is 17.3. The minimum atomic E-state index is -0.402. The fraction of sp³-hybridized carbons (Fsp3) is 0.542. The highest BCUT2D eigenvalue weighted by Crippen LogP contribution is 2.36. The summed E-state index contributed by atoms with van der Waals surface area (Å²) in [6, 6.07) is 2.02. The number of carbonyl (C=O) groups is 2. The van der Waals surface area contributed by atoms with E-state index in [0.717, 1.165) is 12.8 Å². The van der Waals surface area contributed by atoms with Gasteiger partial charge in [0, 0.05) is 45.4 Å². The van der Waals surface area contributed by atoms with Crippen molar-refractivity contribution in [2.45, 2.75) is 32.8 Å². The summed E-state index contributed by atoms with van der Waals surface area (Å²) in [4.78, 5) is 44.0. The van der Waals surface area contributed by atoms with E-state index >= 15 is 0 Å². The number of nitriles is 1. The average Bonchev–Trinajstić information content (AvgIpc) is 3.47. The zero-order valence-corrected chi connectivity index (χ0v) is 22.2. The number of nitrogens with zero attached hydrogens (tertiary/aromatic N) is 5. The lowest BCUT2D eigenvalue weighted by atomic mass is 10.0. The Morgan fingerprint density at radius 1 is 1.31 bits per heavy atom. The molecular formula is C24H29N5O5S2. The molecule has 4 rings (SSSR count). The highest BCUT2D eigenvalue weighted by Gasteiger charge is 2.35. The molecule has 3 aliphatic rings. The van der Waals surface area contributed by atoms with Crippen molar-refractivity contribution in [2.24, 2.45) is 7.05 Å². The molecular weight excluding hydrogens is 502 g/mol. The van der Waals surface area contributed by atoms with Crippen LogP contribution in [0.1, 0.15) is 36.5 Å². The largest absolute Gasteiger partial charge is 0.450 e. The van der Waals surface area contributed by atoms with Gasteiger partial charge < -0.3 is 19.3 Å². The maximum absolute atomic E-state index is 13.3. The molecule has 1 aromatic heterocycles. The lowest BCUT2D eigenvalue weighted by molar-refractivity contribution is -0.123. The average molecular weight is 532 g/mol. The van der Waals surface area contributed by atoms with Crippen LogP contribution in [0.2, 0.25) is 0 Å². The van der Waals surface area contributed by atoms with Crippen LogP contribution >= 0.6 is 24.0 Å². The Morgan fingerprint density at radius 3 is 2.64 bits per heavy atom. The van der Waals surface area contributed by atoms with E-state index in [-0.39, 0.29) is 23.7 Å². The second-order valence-electron chi connectivity index (χ2n) is 8.81. The van der Waals surface area contributed by atoms with Crippen molar-refractivity contribution in [3.63, 3.8) is 0 Å². The molecule has 2 amide bonds. The second-order valence-corrected chi connectivity index (χ2v) is 10.5. The van der Waals surface area contributed by atoms with E-state index in [1.165, 1.54) is 16.3 Å². The SMILES string of the molecule is CCOC(=O)N1CCN(c2c(/C=C3\SC(=S)N(C[C@@H]4CCCO4)C3=O)c(C)c(C#N)c(=O)n2C)CC1. The second kappa shape index (κ2) is 11.0. The Balaban J connectivity index is 1.68. The third-order valence-electron chi connectivity index (χ3n) is 6.63. The molecule has 0 radical (unpaired) electrons. The number of thioether (sulfide) groups is 1. The van der Waals surface area contributed by atoms with Gasteiger partial charge in [0.2, 0.25) is 0 Å². The molecule has 192 valence electrons. The topological polar surface area (TPSA) is 108 Å². The van der Waals surface area contributed by atoms with Gasteiger partial charge in [0.05, 0.1) is 24.2 Å². The molecule has 1 aromatic rings. The molecule has 0 aliphatic carbocycles. The molecule has 4 heterocycles. The Kier molecular flexibility index (Phi) is 8.02. The van der Waals surface area contributed by atoms with Gasteiger partial charge in [-0.25, -0.2) is 4.79 Å². The maximum atomic E-state index is 13.3. The number of pyridine rings is 1. The Labute approximate surface area is 219 Å². The van der Waals surface area contributed by atoms with Crippen LogP contribution < -0.4 is 10.5 Å². The molecule has 3 saturated heterocycles. The number of hydrogen-bond donors (Lipinski definition) is 0. The predicted octanol–water partition coefficient (Wildman–Crippen LogP) is 2.22. The zero-order chi connectivity index (χ0) is 26.0. The van der Waals surface area contributed by atoms with E-state index in [1.54, 1.807) is 36.8 Å². The number of carbonyl (C=O) groups excluding carboxylic acids is 2. The normalized spacial score (nSPS) is 21.4. The molecule has 1 atom stereocenters. The summed E-state index contributed by atoms with van der Waals surface area (Å²) in [6.07, 6.45) is 3.21. The number of aromatic nitrogens is 1. The molecule has 3 aliphatic heterocycles. The summed E-state index contributed by atoms with van der Waals surface area (Å²) in [7, 11) is 1.62. The first kappa shape index (κ1) is 26.2. The highest BCUT2D eigenvalue weighted by atomic mass is 32.2. The minimum absolute atomic E-state index is 0.0254. The maximum Gasteiger partial charge on any atom is 0.409 e. The molecule has 10 nitrogen and oxygen atoms in total. The number of anilines is 1. The molecule has 36 heavy (non-hydrogen) atoms. The Hall–Kier alpha value is -2.88. The van der Waals surface area contributed by atoms with Crippen molar-refractivity contribution < 1.29 is 19.1 Å². The van der Waals surface area contributed by atoms with E-state index in [4.69, 9.17) is 21.7 Å². The number of piperazine rings is 1. The van der Waals surface area contributed by atoms with E-state index in [2.05, 4.69) is 0 Å². The van der Waals surface area contributed by atoms with Crippen molar-refractivity contribution in [1.82, 2.24) is 14.4 Å². The third kappa shape index (κ3) is 5.00. The number of thiocarbonyl (C=S) groups is 1. The third-order valence-corrected chi connectivity index (χ3v) is 8.01. The van der Waals surface area contributed by atoms with Gasteiger partial charge in [-0.1, -0.05) is 24.0 Å². The Morgan fingerprint density at radius 2 is 2.03 bits per heavy atom. The van der Waals surface area contributed by atoms with Crippen LogP contribution in [0, 0.1) is 18.3 Å². The van der Waals surface area contributed by atoms with Crippen molar-refractivity contribution >= 4 is 52.2 Å². The van der Waals surface area contributed by atoms with Gasteiger partial charge in [-0.15, -0.1) is 0 Å². The van der Waals surface area contributed by atoms with Crippen LogP contribution in [0.4, 0.5) is 10.6 Å². The van der Waals surface area contributed by atoms with E-state index < -0.39 is 5.56 Å². The monoisotopic (exact) mass is 531 g/mol. The van der Waals surface area contributed by atoms with Gasteiger partial charge in [-0.2, -0.15) is 5.26 Å². The van der Waals surface area contributed by atoms with Crippen molar-refractivity contribution in [2.75, 3.05) is 50.8 Å². The van der Waals surface area contributed by atoms with Gasteiger partial charge in [-0.05, 0) is 38.3 Å². The predicted molar refractivity (Wildman–Crippen MR) is 141 cm³/mol. The molecule has 0 saturated carbocycles. The zero-order valence-electron chi connectivity index (χ0n) is 20.6. The fourth-order valence-corrected chi connectivity index (χ4v) is 5.95. The number of amides is 2. The summed E-state index contributed by atoms with van der Waals surface area (Å²) in [5.74, 6) is 0.398. The lowest BCUT2D eigenvalue weighted by Gasteiger charge is -2.37. The van der Waals surface area contributed by atoms with Crippen LogP contribution in [-0.4, -0.2) is 82.7 Å². The Bertz CT molecular complexity index is 1210. The summed E-state index contributed by atoms with van der Waals surface area (Å²) in [6.45, 7) is 6.69. The summed E-state index contributed by atoms with van der Waals surface area (Å²) in [5, 5.41) is 9.68. The first-order valence-corrected chi connectivity index (χ1v) is 13.2. The smallest absolute Gasteiger partial charge is 0.409 e. The van der Waals surface area contributed by atoms with Gasteiger partial charge in [0.1, 0.15) is 21.8 Å². The molecule has 0 aromatic carbocycles. The van der Waals surface area contributed by atoms with E-state index in [0.29, 0.717) is 72.1 Å². The van der Waals surface area contributed by atoms with Crippen molar-refractivity contribution in [3.8, 4) is 6.07 Å². The summed E-state index contributed by atoms with van der Waals surface area (Å²) >= 11 is 6.71. The van der Waals surface area contributed by atoms with Gasteiger partial charge >= 0.3 is 6.09 Å². The van der Waals surface area contributed by atoms with E-state index in [9.17, 15) is 19.6 Å². The first-order valence-electron chi connectivity index (χ1n) is 11.9. The molecule has 0 unspecified atom stereocenters. The van der Waals surface area contributed by atoms with Gasteiger partial charge in [0.25, 0.3) is 11.5 Å². The van der Waals surface area contributed by atoms with E-state index in [1.807, 2.05) is 11.0 Å².